The summed E-state index contributed by atoms with van der Waals surface area (Å²) >= 11 is 6.32. The second-order valence-corrected chi connectivity index (χ2v) is 5.19. The summed E-state index contributed by atoms with van der Waals surface area (Å²) in [6.45, 7) is 0.802. The summed E-state index contributed by atoms with van der Waals surface area (Å²) in [6, 6.07) is 16.1. The predicted octanol–water partition coefficient (Wildman–Crippen LogP) is 3.91. The van der Waals surface area contributed by atoms with E-state index in [9.17, 15) is 0 Å². The number of halogens is 1. The van der Waals surface area contributed by atoms with Crippen LogP contribution in [0.3, 0.4) is 0 Å². The normalized spacial score (nSPS) is 10.8. The highest BCUT2D eigenvalue weighted by Crippen LogP contribution is 2.30. The van der Waals surface area contributed by atoms with Gasteiger partial charge in [-0.25, -0.2) is 4.98 Å². The van der Waals surface area contributed by atoms with Crippen LogP contribution >= 0.6 is 11.6 Å². The summed E-state index contributed by atoms with van der Waals surface area (Å²) < 4.78 is 2.08. The molecule has 2 aromatic carbocycles. The van der Waals surface area contributed by atoms with Gasteiger partial charge in [-0.05, 0) is 24.7 Å². The molecule has 0 saturated heterocycles. The first kappa shape index (κ1) is 13.9. The first-order chi connectivity index (χ1) is 10.3. The highest BCUT2D eigenvalue weighted by Gasteiger charge is 2.12. The Labute approximate surface area is 129 Å². The van der Waals surface area contributed by atoms with Crippen molar-refractivity contribution in [3.63, 3.8) is 0 Å². The van der Waals surface area contributed by atoms with E-state index in [-0.39, 0.29) is 0 Å². The zero-order chi connectivity index (χ0) is 14.7. The molecule has 0 spiro atoms. The van der Waals surface area contributed by atoms with Crippen LogP contribution in [-0.4, -0.2) is 16.6 Å². The van der Waals surface area contributed by atoms with Crippen LogP contribution in [0.1, 0.15) is 5.56 Å². The molecule has 0 radical (unpaired) electrons. The van der Waals surface area contributed by atoms with E-state index >= 15 is 0 Å². The quantitative estimate of drug-likeness (QED) is 0.791. The molecule has 0 amide bonds. The zero-order valence-corrected chi connectivity index (χ0v) is 12.5. The van der Waals surface area contributed by atoms with Crippen LogP contribution in [0.4, 0.5) is 0 Å². The van der Waals surface area contributed by atoms with Gasteiger partial charge < -0.3 is 5.32 Å². The van der Waals surface area contributed by atoms with Crippen molar-refractivity contribution in [1.82, 2.24) is 14.9 Å². The molecule has 0 fully saturated rings. The van der Waals surface area contributed by atoms with Gasteiger partial charge in [-0.15, -0.1) is 0 Å². The van der Waals surface area contributed by atoms with Crippen molar-refractivity contribution in [3.8, 4) is 16.9 Å². The highest BCUT2D eigenvalue weighted by molar-refractivity contribution is 6.33. The fourth-order valence-electron chi connectivity index (χ4n) is 2.44. The minimum atomic E-state index is 0.727. The molecular weight excluding hydrogens is 282 g/mol. The maximum Gasteiger partial charge on any atom is 0.0997 e. The molecule has 1 heterocycles. The molecule has 0 aliphatic rings. The second kappa shape index (κ2) is 6.12. The van der Waals surface area contributed by atoms with Gasteiger partial charge in [-0.1, -0.05) is 48.0 Å². The maximum atomic E-state index is 6.32. The Bertz CT molecular complexity index is 749. The van der Waals surface area contributed by atoms with Gasteiger partial charge >= 0.3 is 0 Å². The molecule has 1 aromatic heterocycles. The Morgan fingerprint density at radius 2 is 1.86 bits per heavy atom. The lowest BCUT2D eigenvalue weighted by molar-refractivity contribution is 0.808. The molecule has 0 aliphatic heterocycles. The molecule has 0 bridgehead atoms. The van der Waals surface area contributed by atoms with Gasteiger partial charge in [0, 0.05) is 17.1 Å². The van der Waals surface area contributed by atoms with Gasteiger partial charge in [0.2, 0.25) is 0 Å². The van der Waals surface area contributed by atoms with Gasteiger partial charge in [0.05, 0.1) is 23.9 Å². The second-order valence-electron chi connectivity index (χ2n) is 4.79. The molecule has 0 atom stereocenters. The fourth-order valence-corrected chi connectivity index (χ4v) is 2.67. The molecule has 0 unspecified atom stereocenters. The molecule has 3 aromatic rings. The molecule has 4 heteroatoms. The van der Waals surface area contributed by atoms with Gasteiger partial charge in [0.15, 0.2) is 0 Å². The number of para-hydroxylation sites is 1. The molecule has 106 valence electrons. The van der Waals surface area contributed by atoms with Crippen LogP contribution in [0.15, 0.2) is 61.1 Å². The average molecular weight is 298 g/mol. The van der Waals surface area contributed by atoms with E-state index in [2.05, 4.69) is 27.0 Å². The van der Waals surface area contributed by atoms with E-state index in [0.717, 1.165) is 28.5 Å². The number of rotatable bonds is 4. The number of imidazole rings is 1. The number of hydrogen-bond acceptors (Lipinski definition) is 2. The Morgan fingerprint density at radius 3 is 2.67 bits per heavy atom. The molecule has 3 nitrogen and oxygen atoms in total. The van der Waals surface area contributed by atoms with Crippen molar-refractivity contribution in [3.05, 3.63) is 71.6 Å². The number of nitrogens with zero attached hydrogens (tertiary/aromatic N) is 2. The topological polar surface area (TPSA) is 29.9 Å². The Balaban J connectivity index is 2.14. The summed E-state index contributed by atoms with van der Waals surface area (Å²) in [4.78, 5) is 4.30. The molecule has 3 rings (SSSR count). The monoisotopic (exact) mass is 297 g/mol. The lowest BCUT2D eigenvalue weighted by atomic mass is 10.1. The SMILES string of the molecule is CNCc1ccccc1-n1cncc1-c1ccccc1Cl. The van der Waals surface area contributed by atoms with Gasteiger partial charge in [0.1, 0.15) is 0 Å². The van der Waals surface area contributed by atoms with Gasteiger partial charge in [0.25, 0.3) is 0 Å². The third-order valence-electron chi connectivity index (χ3n) is 3.41. The smallest absolute Gasteiger partial charge is 0.0997 e. The molecule has 0 aliphatic carbocycles. The summed E-state index contributed by atoms with van der Waals surface area (Å²) in [5.74, 6) is 0. The third-order valence-corrected chi connectivity index (χ3v) is 3.74. The summed E-state index contributed by atoms with van der Waals surface area (Å²) in [7, 11) is 1.94. The molecule has 0 saturated carbocycles. The number of aromatic nitrogens is 2. The van der Waals surface area contributed by atoms with Crippen molar-refractivity contribution in [1.29, 1.82) is 0 Å². The standard InChI is InChI=1S/C17H16ClN3/c1-19-10-13-6-2-5-9-16(13)21-12-20-11-17(21)14-7-3-4-8-15(14)18/h2-9,11-12,19H,10H2,1H3. The number of nitrogens with one attached hydrogen (secondary N) is 1. The molecular formula is C17H16ClN3. The largest absolute Gasteiger partial charge is 0.316 e. The Kier molecular flexibility index (Phi) is 4.04. The highest BCUT2D eigenvalue weighted by atomic mass is 35.5. The zero-order valence-electron chi connectivity index (χ0n) is 11.8. The number of hydrogen-bond donors (Lipinski definition) is 1. The van der Waals surface area contributed by atoms with Crippen LogP contribution in [0, 0.1) is 0 Å². The van der Waals surface area contributed by atoms with E-state index < -0.39 is 0 Å². The van der Waals surface area contributed by atoms with Crippen molar-refractivity contribution in [2.75, 3.05) is 7.05 Å². The summed E-state index contributed by atoms with van der Waals surface area (Å²) in [5.41, 5.74) is 4.30. The van der Waals surface area contributed by atoms with Crippen LogP contribution in [0.25, 0.3) is 16.9 Å². The van der Waals surface area contributed by atoms with Crippen LogP contribution in [0.5, 0.6) is 0 Å². The van der Waals surface area contributed by atoms with Gasteiger partial charge in [-0.2, -0.15) is 0 Å². The lowest BCUT2D eigenvalue weighted by Gasteiger charge is -2.13. The summed E-state index contributed by atoms with van der Waals surface area (Å²) in [6.07, 6.45) is 3.67. The minimum absolute atomic E-state index is 0.727. The van der Waals surface area contributed by atoms with Crippen molar-refractivity contribution in [2.24, 2.45) is 0 Å². The summed E-state index contributed by atoms with van der Waals surface area (Å²) in [5, 5.41) is 3.92. The predicted molar refractivity (Wildman–Crippen MR) is 86.8 cm³/mol. The maximum absolute atomic E-state index is 6.32. The Hall–Kier alpha value is -2.10. The minimum Gasteiger partial charge on any atom is -0.316 e. The van der Waals surface area contributed by atoms with Crippen molar-refractivity contribution in [2.45, 2.75) is 6.54 Å². The van der Waals surface area contributed by atoms with Gasteiger partial charge in [-0.3, -0.25) is 4.57 Å². The van der Waals surface area contributed by atoms with E-state index in [4.69, 9.17) is 11.6 Å². The van der Waals surface area contributed by atoms with E-state index in [1.165, 1.54) is 5.56 Å². The lowest BCUT2D eigenvalue weighted by Crippen LogP contribution is -2.09. The van der Waals surface area contributed by atoms with Crippen LogP contribution < -0.4 is 5.32 Å². The van der Waals surface area contributed by atoms with Crippen molar-refractivity contribution < 1.29 is 0 Å². The van der Waals surface area contributed by atoms with E-state index in [1.54, 1.807) is 0 Å². The first-order valence-corrected chi connectivity index (χ1v) is 7.19. The molecule has 1 N–H and O–H groups in total. The fraction of sp³-hybridized carbons (Fsp3) is 0.118. The molecule has 21 heavy (non-hydrogen) atoms. The van der Waals surface area contributed by atoms with Crippen LogP contribution in [0.2, 0.25) is 5.02 Å². The number of benzene rings is 2. The van der Waals surface area contributed by atoms with E-state index in [1.807, 2.05) is 56.0 Å². The van der Waals surface area contributed by atoms with E-state index in [0.29, 0.717) is 0 Å². The first-order valence-electron chi connectivity index (χ1n) is 6.81. The Morgan fingerprint density at radius 1 is 1.10 bits per heavy atom. The average Bonchev–Trinajstić information content (AvgIpc) is 2.98. The van der Waals surface area contributed by atoms with Crippen LogP contribution in [-0.2, 0) is 6.54 Å². The van der Waals surface area contributed by atoms with Crippen molar-refractivity contribution >= 4 is 11.6 Å². The third kappa shape index (κ3) is 2.71.